The van der Waals surface area contributed by atoms with E-state index >= 15 is 0 Å². The minimum Gasteiger partial charge on any atom is -0.394 e. The highest BCUT2D eigenvalue weighted by Gasteiger charge is 2.36. The van der Waals surface area contributed by atoms with Gasteiger partial charge in [0.2, 0.25) is 26.0 Å². The maximum absolute atomic E-state index is 13.1. The van der Waals surface area contributed by atoms with Gasteiger partial charge < -0.3 is 19.7 Å². The summed E-state index contributed by atoms with van der Waals surface area (Å²) in [6, 6.07) is 2.35. The highest BCUT2D eigenvalue weighted by molar-refractivity contribution is 7.92. The molecule has 2 aromatic rings. The first-order valence-corrected chi connectivity index (χ1v) is 13.8. The highest BCUT2D eigenvalue weighted by atomic mass is 32.2. The molecular weight excluding hydrogens is 500 g/mol. The van der Waals surface area contributed by atoms with E-state index in [0.717, 1.165) is 6.07 Å². The lowest BCUT2D eigenvalue weighted by atomic mass is 10.1. The molecule has 190 valence electrons. The third-order valence-electron chi connectivity index (χ3n) is 5.80. The Bertz CT molecular complexity index is 1390. The smallest absolute Gasteiger partial charge is 0.242 e. The van der Waals surface area contributed by atoms with E-state index in [1.54, 1.807) is 28.8 Å². The largest absolute Gasteiger partial charge is 0.394 e. The monoisotopic (exact) mass is 526 g/mol. The molecule has 2 atom stereocenters. The SMILES string of the molecule is CC[C@@H](O)CNS(=O)(=O)c1ccc(N2CC[C@@H](CO)n3ccnc32)c(C2=NCN=N2)c1S(N)(=O)=O. The van der Waals surface area contributed by atoms with Crippen LogP contribution in [-0.2, 0) is 20.0 Å². The second kappa shape index (κ2) is 9.71. The third-order valence-corrected chi connectivity index (χ3v) is 8.39. The molecule has 0 saturated carbocycles. The van der Waals surface area contributed by atoms with Gasteiger partial charge in [-0.05, 0) is 25.0 Å². The zero-order valence-corrected chi connectivity index (χ0v) is 20.4. The third kappa shape index (κ3) is 4.85. The Kier molecular flexibility index (Phi) is 7.03. The van der Waals surface area contributed by atoms with Crippen molar-refractivity contribution in [3.63, 3.8) is 0 Å². The van der Waals surface area contributed by atoms with Crippen molar-refractivity contribution < 1.29 is 27.0 Å². The summed E-state index contributed by atoms with van der Waals surface area (Å²) < 4.78 is 55.9. The number of aliphatic hydroxyl groups is 2. The summed E-state index contributed by atoms with van der Waals surface area (Å²) in [6.45, 7) is 1.54. The van der Waals surface area contributed by atoms with E-state index in [4.69, 9.17) is 5.14 Å². The first-order valence-electron chi connectivity index (χ1n) is 10.8. The highest BCUT2D eigenvalue weighted by Crippen LogP contribution is 2.39. The van der Waals surface area contributed by atoms with Crippen molar-refractivity contribution in [3.8, 4) is 0 Å². The number of azo groups is 1. The van der Waals surface area contributed by atoms with E-state index in [9.17, 15) is 27.0 Å². The number of hydrogen-bond donors (Lipinski definition) is 4. The summed E-state index contributed by atoms with van der Waals surface area (Å²) in [4.78, 5) is 8.89. The molecule has 35 heavy (non-hydrogen) atoms. The number of nitrogens with one attached hydrogen (secondary N) is 1. The lowest BCUT2D eigenvalue weighted by molar-refractivity contribution is 0.174. The Morgan fingerprint density at radius 3 is 2.69 bits per heavy atom. The van der Waals surface area contributed by atoms with Gasteiger partial charge in [0, 0.05) is 25.5 Å². The van der Waals surface area contributed by atoms with Crippen LogP contribution < -0.4 is 14.8 Å². The van der Waals surface area contributed by atoms with E-state index in [1.165, 1.54) is 6.07 Å². The lowest BCUT2D eigenvalue weighted by Gasteiger charge is -2.35. The quantitative estimate of drug-likeness (QED) is 0.344. The van der Waals surface area contributed by atoms with Crippen molar-refractivity contribution in [2.45, 2.75) is 41.7 Å². The van der Waals surface area contributed by atoms with Crippen LogP contribution >= 0.6 is 0 Å². The molecule has 1 aromatic carbocycles. The zero-order valence-electron chi connectivity index (χ0n) is 18.8. The lowest BCUT2D eigenvalue weighted by Crippen LogP contribution is -2.35. The van der Waals surface area contributed by atoms with Gasteiger partial charge in [-0.1, -0.05) is 6.92 Å². The Morgan fingerprint density at radius 1 is 1.29 bits per heavy atom. The van der Waals surface area contributed by atoms with Gasteiger partial charge in [-0.25, -0.2) is 36.7 Å². The molecule has 0 saturated heterocycles. The fourth-order valence-corrected chi connectivity index (χ4v) is 6.67. The van der Waals surface area contributed by atoms with E-state index < -0.39 is 35.9 Å². The zero-order chi connectivity index (χ0) is 25.4. The summed E-state index contributed by atoms with van der Waals surface area (Å²) in [7, 11) is -9.04. The van der Waals surface area contributed by atoms with Crippen molar-refractivity contribution in [1.82, 2.24) is 14.3 Å². The molecule has 0 aliphatic carbocycles. The molecule has 3 heterocycles. The van der Waals surface area contributed by atoms with Gasteiger partial charge in [-0.3, -0.25) is 0 Å². The van der Waals surface area contributed by atoms with Gasteiger partial charge in [0.15, 0.2) is 12.5 Å². The number of fused-ring (bicyclic) bond motifs is 1. The fourth-order valence-electron chi connectivity index (χ4n) is 4.00. The van der Waals surface area contributed by atoms with Crippen molar-refractivity contribution >= 4 is 37.5 Å². The number of primary sulfonamides is 1. The molecule has 1 aromatic heterocycles. The first-order chi connectivity index (χ1) is 16.6. The van der Waals surface area contributed by atoms with E-state index in [2.05, 4.69) is 24.9 Å². The summed E-state index contributed by atoms with van der Waals surface area (Å²) in [5.74, 6) is 0.337. The van der Waals surface area contributed by atoms with E-state index in [-0.39, 0.29) is 42.9 Å². The number of sulfonamides is 2. The van der Waals surface area contributed by atoms with Crippen LogP contribution in [-0.4, -0.2) is 74.9 Å². The van der Waals surface area contributed by atoms with Gasteiger partial charge in [-0.2, -0.15) is 5.11 Å². The van der Waals surface area contributed by atoms with Crippen LogP contribution in [0.1, 0.15) is 31.4 Å². The Balaban J connectivity index is 1.95. The standard InChI is InChI=1S/C19H26N8O6S2/c1-2-13(29)9-24-35(32,33)15-4-3-14(16(17(15)34(20,30)31)18-22-11-23-25-18)27-7-5-12(10-28)26-8-6-21-19(26)27/h3-4,6,8,12-13,24,28-29H,2,5,7,9-11H2,1H3,(H2,20,30,31)/t12-,13+/m0/s1. The molecule has 0 amide bonds. The molecule has 2 aliphatic rings. The number of imidazole rings is 1. The molecule has 16 heteroatoms. The molecule has 0 radical (unpaired) electrons. The van der Waals surface area contributed by atoms with Crippen LogP contribution in [0.3, 0.4) is 0 Å². The minimum absolute atomic E-state index is 0.0576. The van der Waals surface area contributed by atoms with Crippen molar-refractivity contribution in [1.29, 1.82) is 0 Å². The second-order valence-corrected chi connectivity index (χ2v) is 11.3. The molecule has 0 fully saturated rings. The number of aliphatic hydroxyl groups excluding tert-OH is 2. The fraction of sp³-hybridized carbons (Fsp3) is 0.474. The molecule has 2 aliphatic heterocycles. The first kappa shape index (κ1) is 25.3. The molecular formula is C19H26N8O6S2. The predicted octanol–water partition coefficient (Wildman–Crippen LogP) is -0.175. The molecule has 0 unspecified atom stereocenters. The van der Waals surface area contributed by atoms with Crippen LogP contribution in [0.5, 0.6) is 0 Å². The van der Waals surface area contributed by atoms with Gasteiger partial charge in [0.05, 0.1) is 30.0 Å². The maximum Gasteiger partial charge on any atom is 0.242 e. The summed E-state index contributed by atoms with van der Waals surface area (Å²) in [6.07, 6.45) is 3.08. The maximum atomic E-state index is 13.1. The summed E-state index contributed by atoms with van der Waals surface area (Å²) >= 11 is 0. The Morgan fingerprint density at radius 2 is 2.06 bits per heavy atom. The predicted molar refractivity (Wildman–Crippen MR) is 126 cm³/mol. The Hall–Kier alpha value is -2.76. The number of anilines is 2. The Labute approximate surface area is 202 Å². The molecule has 4 rings (SSSR count). The number of nitrogens with two attached hydrogens (primary N) is 1. The van der Waals surface area contributed by atoms with Crippen molar-refractivity contribution in [3.05, 3.63) is 30.1 Å². The van der Waals surface area contributed by atoms with Gasteiger partial charge in [-0.15, -0.1) is 5.11 Å². The molecule has 5 N–H and O–H groups in total. The minimum atomic E-state index is -4.63. The van der Waals surface area contributed by atoms with E-state index in [0.29, 0.717) is 25.3 Å². The number of aliphatic imine (C=N–C) groups is 1. The average Bonchev–Trinajstić information content (AvgIpc) is 3.53. The van der Waals surface area contributed by atoms with Gasteiger partial charge in [0.25, 0.3) is 0 Å². The normalized spacial score (nSPS) is 19.0. The topological polar surface area (TPSA) is 205 Å². The number of rotatable bonds is 9. The second-order valence-electron chi connectivity index (χ2n) is 8.02. The number of amidine groups is 1. The summed E-state index contributed by atoms with van der Waals surface area (Å²) in [5.41, 5.74) is 0.148. The van der Waals surface area contributed by atoms with E-state index in [1.807, 2.05) is 0 Å². The van der Waals surface area contributed by atoms with Crippen molar-refractivity contribution in [2.24, 2.45) is 20.4 Å². The summed E-state index contributed by atoms with van der Waals surface area (Å²) in [5, 5.41) is 32.8. The van der Waals surface area contributed by atoms with Gasteiger partial charge >= 0.3 is 0 Å². The molecule has 14 nitrogen and oxygen atoms in total. The van der Waals surface area contributed by atoms with Crippen LogP contribution in [0.25, 0.3) is 0 Å². The van der Waals surface area contributed by atoms with Gasteiger partial charge in [0.1, 0.15) is 9.79 Å². The average molecular weight is 527 g/mol. The number of benzene rings is 1. The number of hydrogen-bond acceptors (Lipinski definition) is 11. The molecule has 0 bridgehead atoms. The number of nitrogens with zero attached hydrogens (tertiary/aromatic N) is 6. The van der Waals surface area contributed by atoms with Crippen LogP contribution in [0.15, 0.2) is 49.5 Å². The van der Waals surface area contributed by atoms with Crippen molar-refractivity contribution in [2.75, 3.05) is 31.3 Å². The van der Waals surface area contributed by atoms with Crippen LogP contribution in [0.4, 0.5) is 11.6 Å². The number of aromatic nitrogens is 2. The molecule has 0 spiro atoms. The van der Waals surface area contributed by atoms with Crippen LogP contribution in [0, 0.1) is 0 Å². The van der Waals surface area contributed by atoms with Crippen LogP contribution in [0.2, 0.25) is 0 Å².